The summed E-state index contributed by atoms with van der Waals surface area (Å²) < 4.78 is 5.99. The fourth-order valence-corrected chi connectivity index (χ4v) is 3.12. The van der Waals surface area contributed by atoms with Crippen molar-refractivity contribution in [2.45, 2.75) is 13.0 Å². The van der Waals surface area contributed by atoms with E-state index in [4.69, 9.17) is 4.74 Å². The van der Waals surface area contributed by atoms with Gasteiger partial charge in [-0.2, -0.15) is 5.26 Å². The lowest BCUT2D eigenvalue weighted by Crippen LogP contribution is -2.27. The lowest BCUT2D eigenvalue weighted by atomic mass is 10.1. The molecule has 0 aliphatic carbocycles. The van der Waals surface area contributed by atoms with Gasteiger partial charge in [0.25, 0.3) is 5.91 Å². The summed E-state index contributed by atoms with van der Waals surface area (Å²) in [4.78, 5) is 12.5. The van der Waals surface area contributed by atoms with Crippen molar-refractivity contribution < 1.29 is 14.6 Å². The number of nitriles is 1. The number of carbonyl (C=O) groups excluding carboxylic acids is 1. The molecule has 7 heteroatoms. The molecule has 26 heavy (non-hydrogen) atoms. The van der Waals surface area contributed by atoms with Crippen molar-refractivity contribution in [3.05, 3.63) is 62.0 Å². The quantitative estimate of drug-likeness (QED) is 0.480. The van der Waals surface area contributed by atoms with E-state index in [-0.39, 0.29) is 23.1 Å². The van der Waals surface area contributed by atoms with E-state index in [0.717, 1.165) is 5.56 Å². The molecule has 2 rings (SSSR count). The molecule has 0 bridgehead atoms. The Morgan fingerprint density at radius 2 is 1.96 bits per heavy atom. The Bertz CT molecular complexity index is 890. The Morgan fingerprint density at radius 1 is 1.31 bits per heavy atom. The minimum Gasteiger partial charge on any atom is -0.503 e. The number of nitrogens with one attached hydrogen (secondary N) is 1. The normalized spacial score (nSPS) is 12.2. The van der Waals surface area contributed by atoms with Crippen LogP contribution in [0.4, 0.5) is 0 Å². The number of amides is 1. The van der Waals surface area contributed by atoms with Crippen molar-refractivity contribution in [2.75, 3.05) is 7.11 Å². The second kappa shape index (κ2) is 8.88. The molecule has 2 aromatic carbocycles. The number of phenolic OH excluding ortho intramolecular Hbond substituents is 1. The number of benzene rings is 2. The van der Waals surface area contributed by atoms with Crippen molar-refractivity contribution in [3.63, 3.8) is 0 Å². The maximum Gasteiger partial charge on any atom is 0.262 e. The summed E-state index contributed by atoms with van der Waals surface area (Å²) in [5, 5.41) is 22.2. The Kier molecular flexibility index (Phi) is 6.83. The average Bonchev–Trinajstić information content (AvgIpc) is 2.66. The third-order valence-corrected chi connectivity index (χ3v) is 5.86. The van der Waals surface area contributed by atoms with Crippen LogP contribution in [0.25, 0.3) is 6.08 Å². The number of halogens is 2. The number of phenols is 1. The summed E-state index contributed by atoms with van der Waals surface area (Å²) in [6.45, 7) is 1.85. The molecular weight excluding hydrogens is 464 g/mol. The van der Waals surface area contributed by atoms with Gasteiger partial charge in [0, 0.05) is 4.47 Å². The summed E-state index contributed by atoms with van der Waals surface area (Å²) in [6, 6.07) is 12.7. The van der Waals surface area contributed by atoms with E-state index >= 15 is 0 Å². The van der Waals surface area contributed by atoms with Crippen LogP contribution in [0, 0.1) is 11.3 Å². The van der Waals surface area contributed by atoms with E-state index in [0.29, 0.717) is 14.5 Å². The zero-order chi connectivity index (χ0) is 19.3. The maximum atomic E-state index is 12.5. The first-order valence-corrected chi connectivity index (χ1v) is 9.20. The van der Waals surface area contributed by atoms with Gasteiger partial charge >= 0.3 is 0 Å². The molecule has 2 aromatic rings. The van der Waals surface area contributed by atoms with E-state index in [2.05, 4.69) is 37.2 Å². The van der Waals surface area contributed by atoms with Gasteiger partial charge < -0.3 is 15.2 Å². The second-order valence-electron chi connectivity index (χ2n) is 5.42. The second-order valence-corrected chi connectivity index (χ2v) is 7.01. The van der Waals surface area contributed by atoms with Crippen molar-refractivity contribution in [3.8, 4) is 17.6 Å². The number of carbonyl (C=O) groups is 1. The SMILES string of the molecule is COc1cc(/C=C(/C#N)C(=O)N[C@@H](C)c2ccccc2)c(Br)c(Br)c1O. The predicted octanol–water partition coefficient (Wildman–Crippen LogP) is 4.71. The van der Waals surface area contributed by atoms with Crippen molar-refractivity contribution in [2.24, 2.45) is 0 Å². The topological polar surface area (TPSA) is 82.3 Å². The van der Waals surface area contributed by atoms with Crippen LogP contribution in [0.1, 0.15) is 24.1 Å². The Balaban J connectivity index is 2.32. The highest BCUT2D eigenvalue weighted by molar-refractivity contribution is 9.13. The van der Waals surface area contributed by atoms with Crippen LogP contribution in [-0.4, -0.2) is 18.1 Å². The monoisotopic (exact) mass is 478 g/mol. The molecule has 0 unspecified atom stereocenters. The predicted molar refractivity (Wildman–Crippen MR) is 107 cm³/mol. The lowest BCUT2D eigenvalue weighted by molar-refractivity contribution is -0.117. The summed E-state index contributed by atoms with van der Waals surface area (Å²) in [6.07, 6.45) is 1.43. The van der Waals surface area contributed by atoms with Crippen molar-refractivity contribution in [1.82, 2.24) is 5.32 Å². The molecule has 1 atom stereocenters. The van der Waals surface area contributed by atoms with E-state index < -0.39 is 5.91 Å². The Labute approximate surface area is 168 Å². The van der Waals surface area contributed by atoms with Crippen LogP contribution in [0.15, 0.2) is 50.9 Å². The molecule has 0 saturated heterocycles. The molecule has 5 nitrogen and oxygen atoms in total. The van der Waals surface area contributed by atoms with Gasteiger partial charge in [0.1, 0.15) is 11.6 Å². The standard InChI is InChI=1S/C19H16Br2N2O3/c1-11(12-6-4-3-5-7-12)23-19(25)14(10-22)8-13-9-15(26-2)18(24)17(21)16(13)20/h3-9,11,24H,1-2H3,(H,23,25)/b14-8-/t11-/m0/s1. The van der Waals surface area contributed by atoms with Gasteiger partial charge in [0.15, 0.2) is 11.5 Å². The van der Waals surface area contributed by atoms with Gasteiger partial charge in [-0.1, -0.05) is 30.3 Å². The van der Waals surface area contributed by atoms with Gasteiger partial charge in [-0.3, -0.25) is 4.79 Å². The molecule has 0 aromatic heterocycles. The van der Waals surface area contributed by atoms with Crippen LogP contribution in [0.5, 0.6) is 11.5 Å². The molecule has 1 amide bonds. The van der Waals surface area contributed by atoms with Crippen molar-refractivity contribution in [1.29, 1.82) is 5.26 Å². The maximum absolute atomic E-state index is 12.5. The number of hydrogen-bond acceptors (Lipinski definition) is 4. The van der Waals surface area contributed by atoms with Gasteiger partial charge in [-0.25, -0.2) is 0 Å². The first-order valence-electron chi connectivity index (χ1n) is 7.61. The molecule has 0 heterocycles. The van der Waals surface area contributed by atoms with Gasteiger partial charge in [-0.05, 0) is 62.1 Å². The number of aromatic hydroxyl groups is 1. The number of ether oxygens (including phenoxy) is 1. The highest BCUT2D eigenvalue weighted by atomic mass is 79.9. The molecule has 0 saturated carbocycles. The highest BCUT2D eigenvalue weighted by Crippen LogP contribution is 2.42. The third-order valence-electron chi connectivity index (χ3n) is 3.71. The summed E-state index contributed by atoms with van der Waals surface area (Å²) in [5.74, 6) is -0.335. The molecule has 0 aliphatic rings. The van der Waals surface area contributed by atoms with Crippen LogP contribution in [-0.2, 0) is 4.79 Å². The largest absolute Gasteiger partial charge is 0.503 e. The number of methoxy groups -OCH3 is 1. The smallest absolute Gasteiger partial charge is 0.262 e. The summed E-state index contributed by atoms with van der Waals surface area (Å²) in [7, 11) is 1.42. The van der Waals surface area contributed by atoms with Crippen molar-refractivity contribution >= 4 is 43.8 Å². The molecule has 0 aliphatic heterocycles. The van der Waals surface area contributed by atoms with E-state index in [1.807, 2.05) is 43.3 Å². The molecule has 0 fully saturated rings. The van der Waals surface area contributed by atoms with Crippen LogP contribution in [0.3, 0.4) is 0 Å². The lowest BCUT2D eigenvalue weighted by Gasteiger charge is -2.14. The first kappa shape index (κ1) is 20.0. The third kappa shape index (κ3) is 4.45. The van der Waals surface area contributed by atoms with E-state index in [1.54, 1.807) is 0 Å². The minimum atomic E-state index is -0.487. The highest BCUT2D eigenvalue weighted by Gasteiger charge is 2.17. The first-order chi connectivity index (χ1) is 12.4. The Hall–Kier alpha value is -2.30. The molecule has 0 spiro atoms. The zero-order valence-corrected chi connectivity index (χ0v) is 17.3. The molecule has 2 N–H and O–H groups in total. The fraction of sp³-hybridized carbons (Fsp3) is 0.158. The minimum absolute atomic E-state index is 0.0619. The van der Waals surface area contributed by atoms with E-state index in [1.165, 1.54) is 19.3 Å². The Morgan fingerprint density at radius 3 is 2.54 bits per heavy atom. The summed E-state index contributed by atoms with van der Waals surface area (Å²) in [5.41, 5.74) is 1.40. The number of rotatable bonds is 5. The zero-order valence-electron chi connectivity index (χ0n) is 14.1. The van der Waals surface area contributed by atoms with Gasteiger partial charge in [-0.15, -0.1) is 0 Å². The van der Waals surface area contributed by atoms with Crippen LogP contribution >= 0.6 is 31.9 Å². The molecule has 134 valence electrons. The molecular formula is C19H16Br2N2O3. The average molecular weight is 480 g/mol. The number of hydrogen-bond donors (Lipinski definition) is 2. The fourth-order valence-electron chi connectivity index (χ4n) is 2.28. The summed E-state index contributed by atoms with van der Waals surface area (Å²) >= 11 is 6.59. The van der Waals surface area contributed by atoms with Crippen LogP contribution < -0.4 is 10.1 Å². The molecule has 0 radical (unpaired) electrons. The van der Waals surface area contributed by atoms with Gasteiger partial charge in [0.05, 0.1) is 17.6 Å². The van der Waals surface area contributed by atoms with Gasteiger partial charge in [0.2, 0.25) is 0 Å². The van der Waals surface area contributed by atoms with E-state index in [9.17, 15) is 15.2 Å². The number of nitrogens with zero attached hydrogens (tertiary/aromatic N) is 1. The van der Waals surface area contributed by atoms with Crippen LogP contribution in [0.2, 0.25) is 0 Å².